The average Bonchev–Trinajstić information content (AvgIpc) is 2.98. The molecular weight excluding hydrogens is 244 g/mol. The first-order valence-corrected chi connectivity index (χ1v) is 6.56. The zero-order chi connectivity index (χ0) is 13.8. The second-order valence-electron chi connectivity index (χ2n) is 4.86. The molecule has 2 rings (SSSR count). The summed E-state index contributed by atoms with van der Waals surface area (Å²) in [6, 6.07) is 1.62. The first-order valence-electron chi connectivity index (χ1n) is 6.56. The van der Waals surface area contributed by atoms with Gasteiger partial charge in [0.15, 0.2) is 0 Å². The van der Waals surface area contributed by atoms with Crippen molar-refractivity contribution in [3.05, 3.63) is 18.0 Å². The van der Waals surface area contributed by atoms with E-state index in [2.05, 4.69) is 5.32 Å². The summed E-state index contributed by atoms with van der Waals surface area (Å²) in [4.78, 5) is 25.5. The molecule has 6 nitrogen and oxygen atoms in total. The monoisotopic (exact) mass is 264 g/mol. The first kappa shape index (κ1) is 13.5. The van der Waals surface area contributed by atoms with Gasteiger partial charge in [-0.15, -0.1) is 0 Å². The van der Waals surface area contributed by atoms with E-state index in [9.17, 15) is 9.59 Å². The van der Waals surface area contributed by atoms with Crippen molar-refractivity contribution in [2.75, 3.05) is 25.4 Å². The van der Waals surface area contributed by atoms with E-state index in [1.165, 1.54) is 0 Å². The fourth-order valence-electron chi connectivity index (χ4n) is 2.31. The Balaban J connectivity index is 1.77. The molecule has 1 aliphatic rings. The fourth-order valence-corrected chi connectivity index (χ4v) is 2.31. The molecule has 0 aromatic carbocycles. The highest BCUT2D eigenvalue weighted by Crippen LogP contribution is 2.09. The Morgan fingerprint density at radius 1 is 1.37 bits per heavy atom. The average molecular weight is 264 g/mol. The molecule has 0 unspecified atom stereocenters. The number of hydrogen-bond donors (Lipinski definition) is 2. The maximum absolute atomic E-state index is 11.9. The molecule has 0 atom stereocenters. The number of likely N-dealkylation sites (tertiary alicyclic amines) is 1. The van der Waals surface area contributed by atoms with Crippen LogP contribution >= 0.6 is 0 Å². The standard InChI is InChI=1S/C13H20N4O2/c1-16-9-10(14)8-11(16)13(19)15-5-4-12(18)17-6-2-3-7-17/h8-9H,2-7,14H2,1H3,(H,15,19). The first-order chi connectivity index (χ1) is 9.08. The molecule has 1 aliphatic heterocycles. The smallest absolute Gasteiger partial charge is 0.267 e. The van der Waals surface area contributed by atoms with Gasteiger partial charge in [0.2, 0.25) is 5.91 Å². The molecule has 19 heavy (non-hydrogen) atoms. The Bertz CT molecular complexity index is 475. The van der Waals surface area contributed by atoms with Crippen molar-refractivity contribution in [2.24, 2.45) is 7.05 Å². The van der Waals surface area contributed by atoms with E-state index < -0.39 is 0 Å². The molecule has 1 aromatic rings. The molecule has 1 saturated heterocycles. The van der Waals surface area contributed by atoms with Crippen LogP contribution in [0.15, 0.2) is 12.3 Å². The molecule has 2 heterocycles. The number of hydrogen-bond acceptors (Lipinski definition) is 3. The molecule has 1 aromatic heterocycles. The molecule has 2 amide bonds. The van der Waals surface area contributed by atoms with Crippen LogP contribution in [0.4, 0.5) is 5.69 Å². The second kappa shape index (κ2) is 5.77. The van der Waals surface area contributed by atoms with E-state index in [1.54, 1.807) is 23.9 Å². The molecule has 6 heteroatoms. The molecule has 0 bridgehead atoms. The van der Waals surface area contributed by atoms with Gasteiger partial charge < -0.3 is 20.5 Å². The van der Waals surface area contributed by atoms with Gasteiger partial charge in [-0.3, -0.25) is 9.59 Å². The highest BCUT2D eigenvalue weighted by atomic mass is 16.2. The summed E-state index contributed by atoms with van der Waals surface area (Å²) in [7, 11) is 1.76. The number of amides is 2. The minimum absolute atomic E-state index is 0.115. The number of rotatable bonds is 4. The van der Waals surface area contributed by atoms with E-state index in [4.69, 9.17) is 5.73 Å². The lowest BCUT2D eigenvalue weighted by Gasteiger charge is -2.15. The number of nitrogens with zero attached hydrogens (tertiary/aromatic N) is 2. The Morgan fingerprint density at radius 2 is 2.05 bits per heavy atom. The van der Waals surface area contributed by atoms with Crippen molar-refractivity contribution < 1.29 is 9.59 Å². The fraction of sp³-hybridized carbons (Fsp3) is 0.538. The van der Waals surface area contributed by atoms with Crippen molar-refractivity contribution in [2.45, 2.75) is 19.3 Å². The van der Waals surface area contributed by atoms with Crippen LogP contribution in [-0.2, 0) is 11.8 Å². The van der Waals surface area contributed by atoms with E-state index in [0.29, 0.717) is 24.3 Å². The Hall–Kier alpha value is -1.98. The molecule has 104 valence electrons. The number of aryl methyl sites for hydroxylation is 1. The highest BCUT2D eigenvalue weighted by molar-refractivity contribution is 5.94. The van der Waals surface area contributed by atoms with Gasteiger partial charge >= 0.3 is 0 Å². The van der Waals surface area contributed by atoms with Gasteiger partial charge in [-0.25, -0.2) is 0 Å². The third kappa shape index (κ3) is 3.27. The van der Waals surface area contributed by atoms with Gasteiger partial charge in [0, 0.05) is 39.3 Å². The predicted octanol–water partition coefficient (Wildman–Crippen LogP) is 0.350. The van der Waals surface area contributed by atoms with Gasteiger partial charge in [-0.1, -0.05) is 0 Å². The van der Waals surface area contributed by atoms with Crippen molar-refractivity contribution in [3.63, 3.8) is 0 Å². The maximum atomic E-state index is 11.9. The van der Waals surface area contributed by atoms with Gasteiger partial charge in [0.05, 0.1) is 5.69 Å². The molecule has 0 radical (unpaired) electrons. The Morgan fingerprint density at radius 3 is 2.63 bits per heavy atom. The summed E-state index contributed by atoms with van der Waals surface area (Å²) in [6.45, 7) is 2.06. The van der Waals surface area contributed by atoms with Crippen LogP contribution < -0.4 is 11.1 Å². The molecule has 0 aliphatic carbocycles. The second-order valence-corrected chi connectivity index (χ2v) is 4.86. The maximum Gasteiger partial charge on any atom is 0.267 e. The molecular formula is C13H20N4O2. The molecule has 1 fully saturated rings. The third-order valence-corrected chi connectivity index (χ3v) is 3.34. The number of nitrogens with two attached hydrogens (primary N) is 1. The van der Waals surface area contributed by atoms with Crippen molar-refractivity contribution in [1.82, 2.24) is 14.8 Å². The quantitative estimate of drug-likeness (QED) is 0.823. The summed E-state index contributed by atoms with van der Waals surface area (Å²) in [6.07, 6.45) is 4.21. The van der Waals surface area contributed by atoms with Crippen LogP contribution in [0.1, 0.15) is 29.8 Å². The SMILES string of the molecule is Cn1cc(N)cc1C(=O)NCCC(=O)N1CCCC1. The topological polar surface area (TPSA) is 80.4 Å². The van der Waals surface area contributed by atoms with Gasteiger partial charge in [0.1, 0.15) is 5.69 Å². The van der Waals surface area contributed by atoms with Crippen LogP contribution in [0.25, 0.3) is 0 Å². The predicted molar refractivity (Wildman–Crippen MR) is 72.6 cm³/mol. The largest absolute Gasteiger partial charge is 0.397 e. The minimum Gasteiger partial charge on any atom is -0.397 e. The van der Waals surface area contributed by atoms with Crippen molar-refractivity contribution in [1.29, 1.82) is 0 Å². The lowest BCUT2D eigenvalue weighted by atomic mass is 10.3. The van der Waals surface area contributed by atoms with E-state index in [0.717, 1.165) is 25.9 Å². The summed E-state index contributed by atoms with van der Waals surface area (Å²) in [5.41, 5.74) is 6.68. The van der Waals surface area contributed by atoms with Gasteiger partial charge in [-0.2, -0.15) is 0 Å². The van der Waals surface area contributed by atoms with Crippen LogP contribution in [-0.4, -0.2) is 40.9 Å². The lowest BCUT2D eigenvalue weighted by molar-refractivity contribution is -0.129. The normalized spacial score (nSPS) is 14.7. The zero-order valence-corrected chi connectivity index (χ0v) is 11.2. The number of nitrogens with one attached hydrogen (secondary N) is 1. The molecule has 3 N–H and O–H groups in total. The summed E-state index contributed by atoms with van der Waals surface area (Å²) >= 11 is 0. The van der Waals surface area contributed by atoms with Gasteiger partial charge in [-0.05, 0) is 18.9 Å². The van der Waals surface area contributed by atoms with Crippen LogP contribution in [0, 0.1) is 0 Å². The number of nitrogen functional groups attached to an aromatic ring is 1. The lowest BCUT2D eigenvalue weighted by Crippen LogP contribution is -2.33. The van der Waals surface area contributed by atoms with Crippen LogP contribution in [0.2, 0.25) is 0 Å². The zero-order valence-electron chi connectivity index (χ0n) is 11.2. The van der Waals surface area contributed by atoms with Crippen molar-refractivity contribution in [3.8, 4) is 0 Å². The van der Waals surface area contributed by atoms with E-state index >= 15 is 0 Å². The number of carbonyl (C=O) groups excluding carboxylic acids is 2. The highest BCUT2D eigenvalue weighted by Gasteiger charge is 2.18. The summed E-state index contributed by atoms with van der Waals surface area (Å²) in [5, 5.41) is 2.74. The Kier molecular flexibility index (Phi) is 4.09. The third-order valence-electron chi connectivity index (χ3n) is 3.34. The van der Waals surface area contributed by atoms with Gasteiger partial charge in [0.25, 0.3) is 5.91 Å². The number of anilines is 1. The number of carbonyl (C=O) groups is 2. The Labute approximate surface area is 112 Å². The van der Waals surface area contributed by atoms with E-state index in [1.807, 2.05) is 4.90 Å². The number of aromatic nitrogens is 1. The van der Waals surface area contributed by atoms with Crippen LogP contribution in [0.5, 0.6) is 0 Å². The van der Waals surface area contributed by atoms with Crippen LogP contribution in [0.3, 0.4) is 0 Å². The molecule has 0 spiro atoms. The van der Waals surface area contributed by atoms with E-state index in [-0.39, 0.29) is 11.8 Å². The van der Waals surface area contributed by atoms with Crippen molar-refractivity contribution >= 4 is 17.5 Å². The molecule has 0 saturated carbocycles. The summed E-state index contributed by atoms with van der Waals surface area (Å²) in [5.74, 6) is -0.0855. The minimum atomic E-state index is -0.201. The summed E-state index contributed by atoms with van der Waals surface area (Å²) < 4.78 is 1.67.